The van der Waals surface area contributed by atoms with Gasteiger partial charge in [0.05, 0.1) is 34.4 Å². The Kier molecular flexibility index (Phi) is 39.7. The van der Waals surface area contributed by atoms with Crippen molar-refractivity contribution in [2.45, 2.75) is 187 Å². The Labute approximate surface area is 351 Å². The molecule has 0 aromatic heterocycles. The summed E-state index contributed by atoms with van der Waals surface area (Å²) in [6, 6.07) is 0. The lowest BCUT2D eigenvalue weighted by Gasteiger charge is -2.28. The van der Waals surface area contributed by atoms with E-state index in [2.05, 4.69) is 74.6 Å². The normalized spacial score (nSPS) is 14.3. The summed E-state index contributed by atoms with van der Waals surface area (Å²) < 4.78 is 34.6. The van der Waals surface area contributed by atoms with Crippen molar-refractivity contribution in [3.05, 3.63) is 60.8 Å². The predicted octanol–water partition coefficient (Wildman–Crippen LogP) is 13.1. The monoisotopic (exact) mass is 822 g/mol. The molecule has 0 bridgehead atoms. The van der Waals surface area contributed by atoms with E-state index in [0.717, 1.165) is 38.5 Å². The Hall–Kier alpha value is -1.80. The fraction of sp³-hybridized carbons (Fsp3) is 0.771. The molecule has 0 radical (unpaired) electrons. The van der Waals surface area contributed by atoms with Crippen LogP contribution in [0, 0.1) is 0 Å². The predicted molar refractivity (Wildman–Crippen MR) is 240 cm³/mol. The molecule has 0 aromatic carbocycles. The second kappa shape index (κ2) is 41.0. The molecule has 0 rings (SSSR count). The SMILES string of the molecule is CCCCC/C=C\C/C=C\C/C=C\C/C=C\CCCC(=O)O[C@H](COCCCCCCCCCC/C=C\CCCCCCCC)COP(=O)([O-])OCC[N+](C)(C)C. The Morgan fingerprint density at radius 3 is 1.49 bits per heavy atom. The first-order chi connectivity index (χ1) is 27.6. The van der Waals surface area contributed by atoms with E-state index >= 15 is 0 Å². The van der Waals surface area contributed by atoms with Crippen LogP contribution in [-0.4, -0.2) is 70.7 Å². The molecule has 0 aliphatic carbocycles. The van der Waals surface area contributed by atoms with Crippen LogP contribution in [0.4, 0.5) is 0 Å². The number of rotatable bonds is 42. The quantitative estimate of drug-likeness (QED) is 0.0199. The smallest absolute Gasteiger partial charge is 0.306 e. The number of phosphoric acid groups is 1. The van der Waals surface area contributed by atoms with E-state index in [1.165, 1.54) is 116 Å². The Balaban J connectivity index is 4.31. The van der Waals surface area contributed by atoms with Crippen LogP contribution >= 0.6 is 7.82 Å². The molecule has 9 heteroatoms. The molecule has 0 N–H and O–H groups in total. The summed E-state index contributed by atoms with van der Waals surface area (Å²) in [7, 11) is 1.31. The first-order valence-corrected chi connectivity index (χ1v) is 24.5. The zero-order valence-electron chi connectivity index (χ0n) is 37.5. The van der Waals surface area contributed by atoms with Crippen LogP contribution in [0.3, 0.4) is 0 Å². The average Bonchev–Trinajstić information content (AvgIpc) is 3.16. The maximum absolute atomic E-state index is 12.7. The number of hydrogen-bond donors (Lipinski definition) is 0. The van der Waals surface area contributed by atoms with Crippen LogP contribution in [0.15, 0.2) is 60.8 Å². The van der Waals surface area contributed by atoms with Crippen molar-refractivity contribution >= 4 is 13.8 Å². The van der Waals surface area contributed by atoms with E-state index < -0.39 is 13.9 Å². The second-order valence-corrected chi connectivity index (χ2v) is 17.8. The van der Waals surface area contributed by atoms with E-state index in [-0.39, 0.29) is 32.2 Å². The van der Waals surface area contributed by atoms with Crippen molar-refractivity contribution in [3.63, 3.8) is 0 Å². The third kappa shape index (κ3) is 45.1. The zero-order valence-corrected chi connectivity index (χ0v) is 38.4. The molecule has 0 saturated heterocycles. The van der Waals surface area contributed by atoms with Gasteiger partial charge in [-0.15, -0.1) is 0 Å². The third-order valence-electron chi connectivity index (χ3n) is 9.54. The number of carbonyl (C=O) groups is 1. The van der Waals surface area contributed by atoms with Crippen molar-refractivity contribution in [2.75, 3.05) is 54.1 Å². The van der Waals surface area contributed by atoms with Gasteiger partial charge < -0.3 is 27.9 Å². The van der Waals surface area contributed by atoms with Gasteiger partial charge in [-0.3, -0.25) is 9.36 Å². The Morgan fingerprint density at radius 2 is 0.965 bits per heavy atom. The number of phosphoric ester groups is 1. The molecule has 0 aliphatic heterocycles. The number of nitrogens with zero attached hydrogens (tertiary/aromatic N) is 1. The lowest BCUT2D eigenvalue weighted by molar-refractivity contribution is -0.870. The summed E-state index contributed by atoms with van der Waals surface area (Å²) in [6.45, 7) is 5.29. The van der Waals surface area contributed by atoms with Crippen LogP contribution in [0.1, 0.15) is 181 Å². The number of hydrogen-bond acceptors (Lipinski definition) is 7. The first kappa shape index (κ1) is 55.2. The van der Waals surface area contributed by atoms with Crippen molar-refractivity contribution in [1.29, 1.82) is 0 Å². The standard InChI is InChI=1S/C48H88NO7P/c1-6-8-10-12-14-16-18-20-22-24-26-28-30-32-34-36-38-40-43-53-45-47(46-55-57(51,52)54-44-42-49(3,4)5)56-48(50)41-39-37-35-33-31-29-27-25-23-21-19-17-15-13-11-9-7-2/h15,17,20-23,27,29,33,35,47H,6-14,16,18-19,24-26,28,30-32,34,36-46H2,1-5H3/b17-15-,22-20-,23-21-,29-27-,35-33-/t47-/m1/s1. The maximum atomic E-state index is 12.7. The molecule has 8 nitrogen and oxygen atoms in total. The molecule has 0 spiro atoms. The Bertz CT molecular complexity index is 1090. The summed E-state index contributed by atoms with van der Waals surface area (Å²) >= 11 is 0. The molecule has 1 unspecified atom stereocenters. The molecule has 332 valence electrons. The second-order valence-electron chi connectivity index (χ2n) is 16.4. The lowest BCUT2D eigenvalue weighted by atomic mass is 10.1. The molecule has 0 amide bonds. The van der Waals surface area contributed by atoms with E-state index in [4.69, 9.17) is 18.5 Å². The summed E-state index contributed by atoms with van der Waals surface area (Å²) in [4.78, 5) is 25.1. The highest BCUT2D eigenvalue weighted by atomic mass is 31.2. The zero-order chi connectivity index (χ0) is 42.0. The van der Waals surface area contributed by atoms with Crippen LogP contribution in [0.5, 0.6) is 0 Å². The third-order valence-corrected chi connectivity index (χ3v) is 10.5. The van der Waals surface area contributed by atoms with Crippen molar-refractivity contribution in [1.82, 2.24) is 0 Å². The van der Waals surface area contributed by atoms with Gasteiger partial charge in [0.2, 0.25) is 0 Å². The van der Waals surface area contributed by atoms with Gasteiger partial charge in [0.25, 0.3) is 7.82 Å². The molecule has 0 aliphatic rings. The van der Waals surface area contributed by atoms with E-state index in [0.29, 0.717) is 24.1 Å². The highest BCUT2D eigenvalue weighted by Gasteiger charge is 2.20. The van der Waals surface area contributed by atoms with Gasteiger partial charge in [0.1, 0.15) is 19.3 Å². The number of carbonyl (C=O) groups excluding carboxylic acids is 1. The van der Waals surface area contributed by atoms with Crippen LogP contribution in [0.25, 0.3) is 0 Å². The fourth-order valence-electron chi connectivity index (χ4n) is 5.94. The minimum atomic E-state index is -4.54. The highest BCUT2D eigenvalue weighted by molar-refractivity contribution is 7.45. The minimum absolute atomic E-state index is 0.0133. The van der Waals surface area contributed by atoms with Crippen LogP contribution in [0.2, 0.25) is 0 Å². The van der Waals surface area contributed by atoms with Crippen molar-refractivity contribution in [2.24, 2.45) is 0 Å². The molecular weight excluding hydrogens is 734 g/mol. The van der Waals surface area contributed by atoms with E-state index in [1.807, 2.05) is 21.1 Å². The molecular formula is C48H88NO7P. The van der Waals surface area contributed by atoms with Gasteiger partial charge >= 0.3 is 5.97 Å². The highest BCUT2D eigenvalue weighted by Crippen LogP contribution is 2.38. The molecule has 0 heterocycles. The molecule has 0 fully saturated rings. The van der Waals surface area contributed by atoms with Gasteiger partial charge in [-0.2, -0.15) is 0 Å². The van der Waals surface area contributed by atoms with Gasteiger partial charge in [-0.1, -0.05) is 158 Å². The molecule has 2 atom stereocenters. The number of ether oxygens (including phenoxy) is 2. The lowest BCUT2D eigenvalue weighted by Crippen LogP contribution is -2.37. The average molecular weight is 822 g/mol. The first-order valence-electron chi connectivity index (χ1n) is 23.0. The largest absolute Gasteiger partial charge is 0.756 e. The van der Waals surface area contributed by atoms with Gasteiger partial charge in [0.15, 0.2) is 0 Å². The molecule has 0 saturated carbocycles. The van der Waals surface area contributed by atoms with Crippen molar-refractivity contribution in [3.8, 4) is 0 Å². The van der Waals surface area contributed by atoms with Gasteiger partial charge in [0, 0.05) is 13.0 Å². The number of likely N-dealkylation sites (N-methyl/N-ethyl adjacent to an activating group) is 1. The van der Waals surface area contributed by atoms with E-state index in [9.17, 15) is 14.3 Å². The van der Waals surface area contributed by atoms with Gasteiger partial charge in [-0.05, 0) is 77.0 Å². The summed E-state index contributed by atoms with van der Waals surface area (Å²) in [6.07, 6.45) is 51.0. The Morgan fingerprint density at radius 1 is 0.544 bits per heavy atom. The number of unbranched alkanes of at least 4 members (excludes halogenated alkanes) is 18. The maximum Gasteiger partial charge on any atom is 0.306 e. The topological polar surface area (TPSA) is 94.1 Å². The van der Waals surface area contributed by atoms with Gasteiger partial charge in [-0.25, -0.2) is 0 Å². The number of allylic oxidation sites excluding steroid dienone is 10. The fourth-order valence-corrected chi connectivity index (χ4v) is 6.67. The summed E-state index contributed by atoms with van der Waals surface area (Å²) in [5.41, 5.74) is 0. The summed E-state index contributed by atoms with van der Waals surface area (Å²) in [5.74, 6) is -0.390. The number of esters is 1. The summed E-state index contributed by atoms with van der Waals surface area (Å²) in [5, 5.41) is 0. The number of quaternary nitrogens is 1. The minimum Gasteiger partial charge on any atom is -0.756 e. The molecule has 0 aromatic rings. The van der Waals surface area contributed by atoms with Crippen molar-refractivity contribution < 1.29 is 37.3 Å². The van der Waals surface area contributed by atoms with Crippen LogP contribution < -0.4 is 4.89 Å². The molecule has 57 heavy (non-hydrogen) atoms. The van der Waals surface area contributed by atoms with Crippen LogP contribution in [-0.2, 0) is 27.9 Å². The van der Waals surface area contributed by atoms with E-state index in [1.54, 1.807) is 0 Å².